The molecule has 0 saturated heterocycles. The van der Waals surface area contributed by atoms with E-state index in [0.717, 1.165) is 100 Å². The van der Waals surface area contributed by atoms with E-state index in [0.29, 0.717) is 34.9 Å². The zero-order valence-corrected chi connectivity index (χ0v) is 67.9. The fraction of sp³-hybridized carbons (Fsp3) is 0. The van der Waals surface area contributed by atoms with Crippen LogP contribution in [-0.4, -0.2) is 57.3 Å². The Balaban J connectivity index is 0.000000137. The Bertz CT molecular complexity index is 8170. The van der Waals surface area contributed by atoms with Crippen LogP contribution in [0, 0.1) is 0 Å². The lowest BCUT2D eigenvalue weighted by atomic mass is 10.1. The van der Waals surface area contributed by atoms with Gasteiger partial charge in [0.25, 0.3) is 0 Å². The third kappa shape index (κ3) is 11.6. The molecule has 0 spiro atoms. The second kappa shape index (κ2) is 29.3. The van der Waals surface area contributed by atoms with Crippen molar-refractivity contribution >= 4 is 131 Å². The Morgan fingerprint density at radius 2 is 0.349 bits per heavy atom. The molecular weight excluding hydrogens is 1540 g/mol. The first kappa shape index (κ1) is 71.7. The molecule has 0 bridgehead atoms. The van der Waals surface area contributed by atoms with Crippen molar-refractivity contribution in [1.82, 2.24) is 57.3 Å². The van der Waals surface area contributed by atoms with Crippen LogP contribution in [-0.2, 0) is 0 Å². The summed E-state index contributed by atoms with van der Waals surface area (Å²) in [5.41, 5.74) is 26.0. The lowest BCUT2D eigenvalue weighted by Gasteiger charge is -2.12. The molecule has 0 unspecified atom stereocenters. The summed E-state index contributed by atoms with van der Waals surface area (Å²) < 4.78 is 14.5. The lowest BCUT2D eigenvalue weighted by molar-refractivity contribution is 1.07. The topological polar surface area (TPSA) is 107 Å². The standard InChI is InChI=1S/2C57H36N6/c2*1-5-17-37(18-6-1)55-58-56(38-19-7-2-8-20-38)60-57(59-55)39-29-31-44-45-32-30-42(36-52(45)62(51(44)35-39)41-23-11-4-12-24-41)63-48-27-15-13-25-43(48)46-33-34-50-53(54(46)63)47-26-14-16-28-49(47)61(50)40-21-9-3-10-22-40/h2*1-36H. The van der Waals surface area contributed by atoms with Crippen molar-refractivity contribution in [3.05, 3.63) is 437 Å². The van der Waals surface area contributed by atoms with Crippen molar-refractivity contribution in [1.29, 1.82) is 0 Å². The van der Waals surface area contributed by atoms with Crippen LogP contribution in [0.3, 0.4) is 0 Å². The van der Waals surface area contributed by atoms with Crippen molar-refractivity contribution in [2.45, 2.75) is 0 Å². The average Bonchev–Trinajstić information content (AvgIpc) is 1.54. The Morgan fingerprint density at radius 3 is 0.659 bits per heavy atom. The van der Waals surface area contributed by atoms with Crippen molar-refractivity contribution in [3.63, 3.8) is 0 Å². The number of hydrogen-bond acceptors (Lipinski definition) is 6. The second-order valence-electron chi connectivity index (χ2n) is 32.1. The van der Waals surface area contributed by atoms with Gasteiger partial charge in [0.1, 0.15) is 0 Å². The molecule has 0 fully saturated rings. The van der Waals surface area contributed by atoms with Crippen molar-refractivity contribution in [2.24, 2.45) is 0 Å². The van der Waals surface area contributed by atoms with Crippen LogP contribution in [0.25, 0.3) is 233 Å². The van der Waals surface area contributed by atoms with Gasteiger partial charge < -0.3 is 27.4 Å². The highest BCUT2D eigenvalue weighted by atomic mass is 15.1. The maximum Gasteiger partial charge on any atom is 0.164 e. The number of fused-ring (bicyclic) bond motifs is 20. The first-order chi connectivity index (χ1) is 62.5. The van der Waals surface area contributed by atoms with Gasteiger partial charge in [-0.25, -0.2) is 29.9 Å². The van der Waals surface area contributed by atoms with Crippen molar-refractivity contribution < 1.29 is 0 Å². The molecular formula is C114H72N12. The van der Waals surface area contributed by atoms with E-state index in [1.54, 1.807) is 0 Å². The zero-order chi connectivity index (χ0) is 82.9. The highest BCUT2D eigenvalue weighted by Gasteiger charge is 2.27. The van der Waals surface area contributed by atoms with Gasteiger partial charge in [0.2, 0.25) is 0 Å². The van der Waals surface area contributed by atoms with Crippen LogP contribution >= 0.6 is 0 Å². The molecule has 8 heterocycles. The minimum atomic E-state index is 0.624. The maximum atomic E-state index is 5.10. The van der Waals surface area contributed by atoms with E-state index < -0.39 is 0 Å². The van der Waals surface area contributed by atoms with E-state index >= 15 is 0 Å². The molecule has 12 heteroatoms. The fourth-order valence-electron chi connectivity index (χ4n) is 19.4. The molecule has 26 aromatic rings. The molecule has 588 valence electrons. The van der Waals surface area contributed by atoms with Crippen LogP contribution in [0.5, 0.6) is 0 Å². The minimum Gasteiger partial charge on any atom is -0.309 e. The monoisotopic (exact) mass is 1610 g/mol. The molecule has 26 rings (SSSR count). The molecule has 0 amide bonds. The summed E-state index contributed by atoms with van der Waals surface area (Å²) in [6.07, 6.45) is 0. The normalized spacial score (nSPS) is 11.8. The first-order valence-electron chi connectivity index (χ1n) is 42.6. The van der Waals surface area contributed by atoms with E-state index in [4.69, 9.17) is 29.9 Å². The van der Waals surface area contributed by atoms with Gasteiger partial charge in [0.15, 0.2) is 34.9 Å². The fourth-order valence-corrected chi connectivity index (χ4v) is 19.4. The highest BCUT2D eigenvalue weighted by Crippen LogP contribution is 2.47. The second-order valence-corrected chi connectivity index (χ2v) is 32.1. The zero-order valence-electron chi connectivity index (χ0n) is 67.9. The SMILES string of the molecule is c1ccc(-c2nc(-c3ccccc3)nc(-c3ccc4c5ccc(-n6c7ccccc7c7ccc8c(c9ccccc9n8-c8ccccc8)c76)cc5n(-c5ccccc5)c4c3)n2)cc1.c1ccc(-c2nc(-c3ccccc3)nc(-c3ccc4c5ccc(-n6c7ccccc7c7ccc8c(c9ccccc9n8-c8ccccc8)c76)cc5n(-c5ccccc5)c4c3)n2)cc1. The first-order valence-corrected chi connectivity index (χ1v) is 42.6. The average molecular weight is 1610 g/mol. The summed E-state index contributed by atoms with van der Waals surface area (Å²) in [7, 11) is 0. The van der Waals surface area contributed by atoms with Gasteiger partial charge in [0.05, 0.1) is 66.2 Å². The van der Waals surface area contributed by atoms with Gasteiger partial charge in [-0.3, -0.25) is 0 Å². The minimum absolute atomic E-state index is 0.624. The molecule has 0 aliphatic heterocycles. The van der Waals surface area contributed by atoms with Gasteiger partial charge in [-0.1, -0.05) is 315 Å². The van der Waals surface area contributed by atoms with Gasteiger partial charge >= 0.3 is 0 Å². The van der Waals surface area contributed by atoms with E-state index in [9.17, 15) is 0 Å². The molecule has 0 radical (unpaired) electrons. The van der Waals surface area contributed by atoms with Gasteiger partial charge in [-0.2, -0.15) is 0 Å². The molecule has 8 aromatic heterocycles. The summed E-state index contributed by atoms with van der Waals surface area (Å²) in [6, 6.07) is 155. The molecule has 0 atom stereocenters. The largest absolute Gasteiger partial charge is 0.309 e. The van der Waals surface area contributed by atoms with Crippen LogP contribution in [0.1, 0.15) is 0 Å². The summed E-state index contributed by atoms with van der Waals surface area (Å²) in [5.74, 6) is 3.80. The maximum absolute atomic E-state index is 5.10. The molecule has 0 saturated carbocycles. The molecule has 18 aromatic carbocycles. The summed E-state index contributed by atoms with van der Waals surface area (Å²) in [5, 5.41) is 14.5. The Morgan fingerprint density at radius 1 is 0.127 bits per heavy atom. The summed E-state index contributed by atoms with van der Waals surface area (Å²) >= 11 is 0. The molecule has 12 nitrogen and oxygen atoms in total. The predicted octanol–water partition coefficient (Wildman–Crippen LogP) is 28.3. The number of nitrogens with zero attached hydrogens (tertiary/aromatic N) is 12. The van der Waals surface area contributed by atoms with Crippen molar-refractivity contribution in [3.8, 4) is 102 Å². The highest BCUT2D eigenvalue weighted by molar-refractivity contribution is 6.28. The number of para-hydroxylation sites is 8. The van der Waals surface area contributed by atoms with E-state index in [1.807, 2.05) is 121 Å². The smallest absolute Gasteiger partial charge is 0.164 e. The van der Waals surface area contributed by atoms with E-state index in [1.165, 1.54) is 98.0 Å². The summed E-state index contributed by atoms with van der Waals surface area (Å²) in [6.45, 7) is 0. The van der Waals surface area contributed by atoms with Crippen LogP contribution in [0.4, 0.5) is 0 Å². The lowest BCUT2D eigenvalue weighted by Crippen LogP contribution is -2.00. The van der Waals surface area contributed by atoms with Gasteiger partial charge in [-0.15, -0.1) is 0 Å². The Hall–Kier alpha value is -17.2. The third-order valence-corrected chi connectivity index (χ3v) is 24.9. The molecule has 0 N–H and O–H groups in total. The Labute approximate surface area is 722 Å². The number of aromatic nitrogens is 12. The number of rotatable bonds is 12. The Kier molecular flexibility index (Phi) is 16.7. The van der Waals surface area contributed by atoms with E-state index in [-0.39, 0.29) is 0 Å². The predicted molar refractivity (Wildman–Crippen MR) is 518 cm³/mol. The van der Waals surface area contributed by atoms with Crippen LogP contribution < -0.4 is 0 Å². The van der Waals surface area contributed by atoms with Crippen LogP contribution in [0.2, 0.25) is 0 Å². The number of benzene rings is 18. The van der Waals surface area contributed by atoms with E-state index in [2.05, 4.69) is 343 Å². The van der Waals surface area contributed by atoms with Crippen LogP contribution in [0.15, 0.2) is 437 Å². The van der Waals surface area contributed by atoms with Gasteiger partial charge in [-0.05, 0) is 121 Å². The number of hydrogen-bond donors (Lipinski definition) is 0. The molecule has 0 aliphatic carbocycles. The molecule has 126 heavy (non-hydrogen) atoms. The quantitative estimate of drug-likeness (QED) is 0.121. The van der Waals surface area contributed by atoms with Crippen molar-refractivity contribution in [2.75, 3.05) is 0 Å². The molecule has 0 aliphatic rings. The third-order valence-electron chi connectivity index (χ3n) is 24.9. The summed E-state index contributed by atoms with van der Waals surface area (Å²) in [4.78, 5) is 30.3. The van der Waals surface area contributed by atoms with Gasteiger partial charge in [0, 0.05) is 132 Å².